The zero-order valence-corrected chi connectivity index (χ0v) is 37.3. The number of anilines is 2. The molecule has 0 amide bonds. The van der Waals surface area contributed by atoms with Gasteiger partial charge < -0.3 is 20.6 Å². The molecule has 0 bridgehead atoms. The third-order valence-corrected chi connectivity index (χ3v) is 12.7. The number of aromatic amines is 1. The summed E-state index contributed by atoms with van der Waals surface area (Å²) in [6.45, 7) is 1.48. The summed E-state index contributed by atoms with van der Waals surface area (Å²) in [6.07, 6.45) is 0. The molecule has 8 N–H and O–H groups in total. The van der Waals surface area contributed by atoms with Crippen LogP contribution < -0.4 is 10.9 Å². The minimum absolute atomic E-state index is 0.0375. The Bertz CT molecular complexity index is 3930. The van der Waals surface area contributed by atoms with Gasteiger partial charge in [0.2, 0.25) is 0 Å². The maximum absolute atomic E-state index is 13.4. The van der Waals surface area contributed by atoms with Crippen LogP contribution in [0.5, 0.6) is 11.5 Å². The molecule has 0 atom stereocenters. The van der Waals surface area contributed by atoms with Crippen LogP contribution in [-0.2, 0) is 30.4 Å². The molecule has 1 aromatic heterocycles. The number of phenols is 2. The maximum Gasteiger partial charge on any atom is 0.338 e. The molecule has 26 heteroatoms. The number of aryl methyl sites for hydroxylation is 1. The molecule has 0 saturated carbocycles. The van der Waals surface area contributed by atoms with Crippen molar-refractivity contribution < 1.29 is 59.0 Å². The molecule has 0 fully saturated rings. The van der Waals surface area contributed by atoms with Crippen LogP contribution in [0.2, 0.25) is 0 Å². The number of carbonyl (C=O) groups is 1. The molecule has 1 heterocycles. The van der Waals surface area contributed by atoms with Gasteiger partial charge in [-0.3, -0.25) is 23.6 Å². The highest BCUT2D eigenvalue weighted by Crippen LogP contribution is 2.46. The van der Waals surface area contributed by atoms with Crippen LogP contribution in [0.1, 0.15) is 16.1 Å². The summed E-state index contributed by atoms with van der Waals surface area (Å²) in [7, 11) is -14.6. The first-order valence-electron chi connectivity index (χ1n) is 19.5. The van der Waals surface area contributed by atoms with Gasteiger partial charge in [-0.25, -0.2) is 9.48 Å². The van der Waals surface area contributed by atoms with Crippen molar-refractivity contribution in [1.82, 2.24) is 9.78 Å². The number of rotatable bonds is 13. The second-order valence-corrected chi connectivity index (χ2v) is 19.0. The molecule has 350 valence electrons. The van der Waals surface area contributed by atoms with Crippen molar-refractivity contribution in [2.75, 3.05) is 5.32 Å². The first kappa shape index (κ1) is 47.0. The number of carboxylic acid groups (broad SMARTS) is 1. The number of aromatic nitrogens is 2. The van der Waals surface area contributed by atoms with E-state index in [-0.39, 0.29) is 61.4 Å². The summed E-state index contributed by atoms with van der Waals surface area (Å²) >= 11 is 0. The van der Waals surface area contributed by atoms with E-state index in [4.69, 9.17) is 0 Å². The number of nitrogens with one attached hydrogen (secondary N) is 2. The van der Waals surface area contributed by atoms with Crippen molar-refractivity contribution >= 4 is 103 Å². The number of aromatic carboxylic acids is 1. The predicted octanol–water partition coefficient (Wildman–Crippen LogP) is 9.62. The van der Waals surface area contributed by atoms with Crippen molar-refractivity contribution in [3.8, 4) is 17.2 Å². The van der Waals surface area contributed by atoms with Gasteiger partial charge in [-0.05, 0) is 103 Å². The Morgan fingerprint density at radius 3 is 1.88 bits per heavy atom. The van der Waals surface area contributed by atoms with Gasteiger partial charge in [-0.15, -0.1) is 25.6 Å². The van der Waals surface area contributed by atoms with E-state index in [1.165, 1.54) is 43.3 Å². The fourth-order valence-corrected chi connectivity index (χ4v) is 8.54. The van der Waals surface area contributed by atoms with Gasteiger partial charge >= 0.3 is 5.97 Å². The van der Waals surface area contributed by atoms with E-state index in [2.05, 4.69) is 41.1 Å². The molecular formula is C43H31N9O14S3. The summed E-state index contributed by atoms with van der Waals surface area (Å²) in [5.41, 5.74) is -1.24. The predicted molar refractivity (Wildman–Crippen MR) is 247 cm³/mol. The normalized spacial score (nSPS) is 12.5. The first-order valence-corrected chi connectivity index (χ1v) is 23.8. The minimum atomic E-state index is -5.06. The monoisotopic (exact) mass is 993 g/mol. The van der Waals surface area contributed by atoms with Gasteiger partial charge in [0.25, 0.3) is 35.9 Å². The SMILES string of the molecule is Cc1[nH]n(-c2ccc(N=Nc3cc(O)c(N=Nc4c(S(=O)(=O)O)cc5cc(Nc6ccccc6)ccc5c4O)c4ccc(S(=O)(=O)O)cc34)cc2)c(=O)c1N=Nc1ccc(S(=O)(=O)O)cc1C(=O)O. The highest BCUT2D eigenvalue weighted by molar-refractivity contribution is 7.86. The van der Waals surface area contributed by atoms with Crippen molar-refractivity contribution in [1.29, 1.82) is 0 Å². The molecule has 0 spiro atoms. The average molecular weight is 994 g/mol. The number of para-hydroxylation sites is 1. The Kier molecular flexibility index (Phi) is 12.2. The van der Waals surface area contributed by atoms with Gasteiger partial charge in [0.1, 0.15) is 27.7 Å². The lowest BCUT2D eigenvalue weighted by Gasteiger charge is -2.12. The van der Waals surface area contributed by atoms with Gasteiger partial charge in [-0.2, -0.15) is 30.4 Å². The Morgan fingerprint density at radius 1 is 0.594 bits per heavy atom. The second-order valence-electron chi connectivity index (χ2n) is 14.7. The van der Waals surface area contributed by atoms with Crippen molar-refractivity contribution in [2.24, 2.45) is 30.7 Å². The highest BCUT2D eigenvalue weighted by Gasteiger charge is 2.24. The molecule has 0 aliphatic rings. The smallest absolute Gasteiger partial charge is 0.338 e. The van der Waals surface area contributed by atoms with Crippen LogP contribution in [-0.4, -0.2) is 70.0 Å². The van der Waals surface area contributed by atoms with Crippen molar-refractivity contribution in [2.45, 2.75) is 21.6 Å². The van der Waals surface area contributed by atoms with E-state index < -0.39 is 79.3 Å². The first-order chi connectivity index (χ1) is 32.6. The summed E-state index contributed by atoms with van der Waals surface area (Å²) in [5, 5.41) is 62.3. The van der Waals surface area contributed by atoms with Crippen molar-refractivity contribution in [3.05, 3.63) is 143 Å². The number of carboxylic acids is 1. The van der Waals surface area contributed by atoms with E-state index in [1.54, 1.807) is 30.3 Å². The lowest BCUT2D eigenvalue weighted by Crippen LogP contribution is -2.13. The van der Waals surface area contributed by atoms with Crippen molar-refractivity contribution in [3.63, 3.8) is 0 Å². The lowest BCUT2D eigenvalue weighted by molar-refractivity contribution is 0.0697. The molecule has 69 heavy (non-hydrogen) atoms. The third kappa shape index (κ3) is 9.81. The van der Waals surface area contributed by atoms with Gasteiger partial charge in [0, 0.05) is 33.6 Å². The van der Waals surface area contributed by atoms with E-state index in [1.807, 2.05) is 6.07 Å². The quantitative estimate of drug-likeness (QED) is 0.0393. The highest BCUT2D eigenvalue weighted by atomic mass is 32.2. The number of H-pyrrole nitrogens is 1. The Labute approximate surface area is 388 Å². The number of phenolic OH excluding ortho intramolecular Hbond substituents is 2. The van der Waals surface area contributed by atoms with E-state index in [0.717, 1.165) is 52.8 Å². The molecule has 7 aromatic carbocycles. The largest absolute Gasteiger partial charge is 0.506 e. The molecule has 0 saturated heterocycles. The summed E-state index contributed by atoms with van der Waals surface area (Å²) in [5.74, 6) is -2.90. The lowest BCUT2D eigenvalue weighted by atomic mass is 10.1. The van der Waals surface area contributed by atoms with Crippen LogP contribution >= 0.6 is 0 Å². The number of aromatic hydroxyl groups is 2. The Balaban J connectivity index is 1.11. The van der Waals surface area contributed by atoms with Gasteiger partial charge in [0.05, 0.1) is 38.1 Å². The molecule has 0 radical (unpaired) electrons. The van der Waals surface area contributed by atoms with Crippen LogP contribution in [0.4, 0.5) is 45.5 Å². The number of nitrogens with zero attached hydrogens (tertiary/aromatic N) is 7. The second kappa shape index (κ2) is 17.9. The van der Waals surface area contributed by atoms with E-state index in [9.17, 15) is 63.8 Å². The fourth-order valence-electron chi connectivity index (χ4n) is 6.87. The van der Waals surface area contributed by atoms with Crippen LogP contribution in [0.15, 0.2) is 171 Å². The minimum Gasteiger partial charge on any atom is -0.506 e. The zero-order chi connectivity index (χ0) is 49.6. The summed E-state index contributed by atoms with van der Waals surface area (Å²) in [4.78, 5) is 23.0. The maximum atomic E-state index is 13.4. The van der Waals surface area contributed by atoms with Crippen LogP contribution in [0.25, 0.3) is 27.2 Å². The topological polar surface area (TPSA) is 365 Å². The molecule has 8 aromatic rings. The molecule has 0 unspecified atom stereocenters. The number of azo groups is 3. The molecule has 23 nitrogen and oxygen atoms in total. The molecule has 8 rings (SSSR count). The van der Waals surface area contributed by atoms with Crippen LogP contribution in [0.3, 0.4) is 0 Å². The third-order valence-electron chi connectivity index (χ3n) is 10.2. The zero-order valence-electron chi connectivity index (χ0n) is 34.9. The van der Waals surface area contributed by atoms with Gasteiger partial charge in [0.15, 0.2) is 11.4 Å². The summed E-state index contributed by atoms with van der Waals surface area (Å²) in [6, 6.07) is 27.2. The summed E-state index contributed by atoms with van der Waals surface area (Å²) < 4.78 is 103. The number of fused-ring (bicyclic) bond motifs is 2. The number of hydrogen-bond donors (Lipinski definition) is 8. The fraction of sp³-hybridized carbons (Fsp3) is 0.0233. The van der Waals surface area contributed by atoms with E-state index in [0.29, 0.717) is 11.8 Å². The average Bonchev–Trinajstić information content (AvgIpc) is 3.58. The molecule has 0 aliphatic heterocycles. The number of benzene rings is 7. The molecular weight excluding hydrogens is 963 g/mol. The molecule has 0 aliphatic carbocycles. The van der Waals surface area contributed by atoms with Gasteiger partial charge in [-0.1, -0.05) is 24.3 Å². The van der Waals surface area contributed by atoms with E-state index >= 15 is 0 Å². The number of hydrogen-bond acceptors (Lipinski definition) is 17. The Hall–Kier alpha value is -8.53. The standard InChI is InChI=1S/C43H31N9O14S3/c1-22-38(48-46-34-16-13-29(68(61,62)63)20-33(34)43(56)57)42(55)52(51-22)27-10-7-25(8-11-27)45-47-35-21-36(53)39(31-15-12-28(19-32(31)35)67(58,59)60)49-50-40-37(69(64,65)66)18-23-17-26(9-14-30(23)41(40)54)44-24-5-3-2-4-6-24/h2-21,44,51,53-54H,1H3,(H,56,57)(H,58,59,60)(H,61,62,63)(H,64,65,66). The van der Waals surface area contributed by atoms with Crippen LogP contribution in [0, 0.1) is 6.92 Å². The Morgan fingerprint density at radius 2 is 1.22 bits per heavy atom.